The minimum Gasteiger partial charge on any atom is -0.482 e. The molecule has 0 aromatic heterocycles. The number of amides is 1. The van der Waals surface area contributed by atoms with E-state index in [0.717, 1.165) is 16.8 Å². The van der Waals surface area contributed by atoms with Gasteiger partial charge in [-0.1, -0.05) is 29.8 Å². The van der Waals surface area contributed by atoms with Gasteiger partial charge in [-0.05, 0) is 49.2 Å². The van der Waals surface area contributed by atoms with Gasteiger partial charge in [-0.15, -0.1) is 0 Å². The molecule has 2 aromatic rings. The second kappa shape index (κ2) is 6.44. The summed E-state index contributed by atoms with van der Waals surface area (Å²) in [4.78, 5) is 11.8. The van der Waals surface area contributed by atoms with Gasteiger partial charge in [0, 0.05) is 5.69 Å². The Bertz CT molecular complexity index is 626. The van der Waals surface area contributed by atoms with E-state index in [4.69, 9.17) is 16.3 Å². The summed E-state index contributed by atoms with van der Waals surface area (Å²) >= 11 is 6.00. The Labute approximate surface area is 123 Å². The van der Waals surface area contributed by atoms with E-state index in [9.17, 15) is 4.79 Å². The normalized spacial score (nSPS) is 10.2. The van der Waals surface area contributed by atoms with Crippen molar-refractivity contribution < 1.29 is 9.53 Å². The predicted molar refractivity (Wildman–Crippen MR) is 81.5 cm³/mol. The Kier molecular flexibility index (Phi) is 4.64. The molecule has 0 bridgehead atoms. The highest BCUT2D eigenvalue weighted by atomic mass is 35.5. The zero-order chi connectivity index (χ0) is 14.5. The molecule has 0 spiro atoms. The van der Waals surface area contributed by atoms with Crippen LogP contribution in [0, 0.1) is 13.8 Å². The highest BCUT2D eigenvalue weighted by Crippen LogP contribution is 2.25. The molecule has 2 aromatic carbocycles. The topological polar surface area (TPSA) is 38.3 Å². The Morgan fingerprint density at radius 3 is 2.65 bits per heavy atom. The standard InChI is InChI=1S/C16H16ClNO2/c1-11-4-3-5-13(8-11)18-16(19)10-20-15-9-12(2)6-7-14(15)17/h3-9H,10H2,1-2H3,(H,18,19). The van der Waals surface area contributed by atoms with Crippen molar-refractivity contribution in [3.63, 3.8) is 0 Å². The first-order valence-corrected chi connectivity index (χ1v) is 6.68. The summed E-state index contributed by atoms with van der Waals surface area (Å²) in [6.45, 7) is 3.84. The molecule has 0 aliphatic rings. The third-order valence-electron chi connectivity index (χ3n) is 2.75. The quantitative estimate of drug-likeness (QED) is 0.925. The van der Waals surface area contributed by atoms with Crippen molar-refractivity contribution in [2.45, 2.75) is 13.8 Å². The summed E-state index contributed by atoms with van der Waals surface area (Å²) in [5, 5.41) is 3.28. The Balaban J connectivity index is 1.94. The molecule has 1 N–H and O–H groups in total. The first-order chi connectivity index (χ1) is 9.54. The summed E-state index contributed by atoms with van der Waals surface area (Å²) in [5.41, 5.74) is 2.88. The van der Waals surface area contributed by atoms with Crippen LogP contribution in [0.25, 0.3) is 0 Å². The highest BCUT2D eigenvalue weighted by molar-refractivity contribution is 6.32. The van der Waals surface area contributed by atoms with Crippen LogP contribution in [0.1, 0.15) is 11.1 Å². The number of hydrogen-bond acceptors (Lipinski definition) is 2. The summed E-state index contributed by atoms with van der Waals surface area (Å²) < 4.78 is 5.44. The van der Waals surface area contributed by atoms with E-state index in [1.165, 1.54) is 0 Å². The van der Waals surface area contributed by atoms with Gasteiger partial charge < -0.3 is 10.1 Å². The number of ether oxygens (including phenoxy) is 1. The van der Waals surface area contributed by atoms with E-state index in [1.807, 2.05) is 50.2 Å². The summed E-state index contributed by atoms with van der Waals surface area (Å²) in [6.07, 6.45) is 0. The lowest BCUT2D eigenvalue weighted by molar-refractivity contribution is -0.118. The Morgan fingerprint density at radius 1 is 1.15 bits per heavy atom. The average molecular weight is 290 g/mol. The lowest BCUT2D eigenvalue weighted by Gasteiger charge is -2.09. The van der Waals surface area contributed by atoms with Crippen LogP contribution in [-0.2, 0) is 4.79 Å². The van der Waals surface area contributed by atoms with Crippen LogP contribution >= 0.6 is 11.6 Å². The van der Waals surface area contributed by atoms with E-state index in [1.54, 1.807) is 6.07 Å². The van der Waals surface area contributed by atoms with E-state index < -0.39 is 0 Å². The first-order valence-electron chi connectivity index (χ1n) is 6.30. The van der Waals surface area contributed by atoms with E-state index in [2.05, 4.69) is 5.32 Å². The number of hydrogen-bond donors (Lipinski definition) is 1. The summed E-state index contributed by atoms with van der Waals surface area (Å²) in [5.74, 6) is 0.305. The van der Waals surface area contributed by atoms with Crippen molar-refractivity contribution in [2.75, 3.05) is 11.9 Å². The molecule has 1 amide bonds. The smallest absolute Gasteiger partial charge is 0.262 e. The second-order valence-corrected chi connectivity index (χ2v) is 5.05. The average Bonchev–Trinajstić information content (AvgIpc) is 2.40. The van der Waals surface area contributed by atoms with E-state index in [-0.39, 0.29) is 12.5 Å². The maximum Gasteiger partial charge on any atom is 0.262 e. The summed E-state index contributed by atoms with van der Waals surface area (Å²) in [7, 11) is 0. The van der Waals surface area contributed by atoms with Gasteiger partial charge in [0.15, 0.2) is 6.61 Å². The number of anilines is 1. The monoisotopic (exact) mass is 289 g/mol. The molecular formula is C16H16ClNO2. The third kappa shape index (κ3) is 4.00. The van der Waals surface area contributed by atoms with Gasteiger partial charge >= 0.3 is 0 Å². The van der Waals surface area contributed by atoms with Crippen molar-refractivity contribution in [3.8, 4) is 5.75 Å². The van der Waals surface area contributed by atoms with Crippen LogP contribution in [0.2, 0.25) is 5.02 Å². The molecular weight excluding hydrogens is 274 g/mol. The number of carbonyl (C=O) groups excluding carboxylic acids is 1. The molecule has 0 aliphatic heterocycles. The summed E-state index contributed by atoms with van der Waals surface area (Å²) in [6, 6.07) is 13.1. The number of nitrogens with one attached hydrogen (secondary N) is 1. The van der Waals surface area contributed by atoms with Crippen molar-refractivity contribution in [1.29, 1.82) is 0 Å². The van der Waals surface area contributed by atoms with Gasteiger partial charge in [0.25, 0.3) is 5.91 Å². The Hall–Kier alpha value is -2.00. The number of halogens is 1. The number of benzene rings is 2. The molecule has 0 fully saturated rings. The fourth-order valence-electron chi connectivity index (χ4n) is 1.78. The third-order valence-corrected chi connectivity index (χ3v) is 3.06. The van der Waals surface area contributed by atoms with Crippen LogP contribution in [-0.4, -0.2) is 12.5 Å². The largest absolute Gasteiger partial charge is 0.482 e. The molecule has 0 unspecified atom stereocenters. The van der Waals surface area contributed by atoms with E-state index >= 15 is 0 Å². The maximum absolute atomic E-state index is 11.8. The van der Waals surface area contributed by atoms with Gasteiger partial charge in [-0.2, -0.15) is 0 Å². The van der Waals surface area contributed by atoms with Crippen molar-refractivity contribution in [1.82, 2.24) is 0 Å². The van der Waals surface area contributed by atoms with Gasteiger partial charge in [0.05, 0.1) is 5.02 Å². The highest BCUT2D eigenvalue weighted by Gasteiger charge is 2.06. The fourth-order valence-corrected chi connectivity index (χ4v) is 1.96. The van der Waals surface area contributed by atoms with Crippen LogP contribution in [0.5, 0.6) is 5.75 Å². The zero-order valence-electron chi connectivity index (χ0n) is 11.4. The fraction of sp³-hybridized carbons (Fsp3) is 0.188. The van der Waals surface area contributed by atoms with Crippen LogP contribution in [0.15, 0.2) is 42.5 Å². The van der Waals surface area contributed by atoms with Gasteiger partial charge in [-0.25, -0.2) is 0 Å². The molecule has 0 radical (unpaired) electrons. The minimum atomic E-state index is -0.215. The molecule has 2 rings (SSSR count). The Morgan fingerprint density at radius 2 is 1.90 bits per heavy atom. The molecule has 104 valence electrons. The number of aryl methyl sites for hydroxylation is 2. The van der Waals surface area contributed by atoms with Crippen molar-refractivity contribution in [2.24, 2.45) is 0 Å². The SMILES string of the molecule is Cc1cccc(NC(=O)COc2cc(C)ccc2Cl)c1. The minimum absolute atomic E-state index is 0.0723. The van der Waals surface area contributed by atoms with Crippen LogP contribution < -0.4 is 10.1 Å². The van der Waals surface area contributed by atoms with E-state index in [0.29, 0.717) is 10.8 Å². The van der Waals surface area contributed by atoms with Crippen molar-refractivity contribution in [3.05, 3.63) is 58.6 Å². The lowest BCUT2D eigenvalue weighted by atomic mass is 10.2. The second-order valence-electron chi connectivity index (χ2n) is 4.64. The number of rotatable bonds is 4. The molecule has 4 heteroatoms. The molecule has 0 aliphatic carbocycles. The van der Waals surface area contributed by atoms with Crippen LogP contribution in [0.4, 0.5) is 5.69 Å². The molecule has 0 atom stereocenters. The van der Waals surface area contributed by atoms with Crippen LogP contribution in [0.3, 0.4) is 0 Å². The first kappa shape index (κ1) is 14.4. The van der Waals surface area contributed by atoms with Gasteiger partial charge in [-0.3, -0.25) is 4.79 Å². The molecule has 0 saturated carbocycles. The number of carbonyl (C=O) groups is 1. The molecule has 20 heavy (non-hydrogen) atoms. The van der Waals surface area contributed by atoms with Gasteiger partial charge in [0.2, 0.25) is 0 Å². The maximum atomic E-state index is 11.8. The van der Waals surface area contributed by atoms with Crippen molar-refractivity contribution >= 4 is 23.2 Å². The van der Waals surface area contributed by atoms with Gasteiger partial charge in [0.1, 0.15) is 5.75 Å². The zero-order valence-corrected chi connectivity index (χ0v) is 12.2. The lowest BCUT2D eigenvalue weighted by Crippen LogP contribution is -2.20. The molecule has 0 saturated heterocycles. The molecule has 3 nitrogen and oxygen atoms in total. The molecule has 0 heterocycles. The predicted octanol–water partition coefficient (Wildman–Crippen LogP) is 3.97.